The molecule has 1 aliphatic carbocycles. The van der Waals surface area contributed by atoms with Crippen LogP contribution in [0.2, 0.25) is 0 Å². The van der Waals surface area contributed by atoms with Gasteiger partial charge < -0.3 is 14.8 Å². The van der Waals surface area contributed by atoms with Gasteiger partial charge in [-0.25, -0.2) is 0 Å². The molecule has 0 spiro atoms. The zero-order valence-electron chi connectivity index (χ0n) is 12.4. The summed E-state index contributed by atoms with van der Waals surface area (Å²) < 4.78 is 10.4. The number of hydrogen-bond acceptors (Lipinski definition) is 3. The number of ether oxygens (including phenoxy) is 2. The minimum absolute atomic E-state index is 0.0835. The van der Waals surface area contributed by atoms with Crippen molar-refractivity contribution in [1.29, 1.82) is 0 Å². The normalized spacial score (nSPS) is 22.1. The van der Waals surface area contributed by atoms with Crippen molar-refractivity contribution in [2.45, 2.75) is 38.6 Å². The lowest BCUT2D eigenvalue weighted by Gasteiger charge is -2.27. The molecule has 2 unspecified atom stereocenters. The van der Waals surface area contributed by atoms with Gasteiger partial charge in [0.25, 0.3) is 5.91 Å². The Balaban J connectivity index is 2.11. The Kier molecular flexibility index (Phi) is 4.88. The summed E-state index contributed by atoms with van der Waals surface area (Å²) in [5.41, 5.74) is 0.532. The van der Waals surface area contributed by atoms with Crippen LogP contribution in [0.4, 0.5) is 0 Å². The van der Waals surface area contributed by atoms with E-state index >= 15 is 0 Å². The molecule has 2 atom stereocenters. The lowest BCUT2D eigenvalue weighted by Crippen LogP contribution is -2.38. The van der Waals surface area contributed by atoms with E-state index in [2.05, 4.69) is 12.2 Å². The molecule has 1 saturated carbocycles. The third kappa shape index (κ3) is 3.44. The molecule has 20 heavy (non-hydrogen) atoms. The molecule has 0 aromatic heterocycles. The first-order valence-corrected chi connectivity index (χ1v) is 7.17. The van der Waals surface area contributed by atoms with Gasteiger partial charge in [0.1, 0.15) is 11.5 Å². The maximum atomic E-state index is 12.4. The van der Waals surface area contributed by atoms with Crippen molar-refractivity contribution in [3.63, 3.8) is 0 Å². The molecule has 0 heterocycles. The predicted molar refractivity (Wildman–Crippen MR) is 78.4 cm³/mol. The van der Waals surface area contributed by atoms with Crippen LogP contribution in [0.3, 0.4) is 0 Å². The Morgan fingerprint density at radius 1 is 1.25 bits per heavy atom. The summed E-state index contributed by atoms with van der Waals surface area (Å²) >= 11 is 0. The first kappa shape index (κ1) is 14.7. The van der Waals surface area contributed by atoms with Crippen molar-refractivity contribution in [3.05, 3.63) is 23.8 Å². The molecule has 1 aliphatic rings. The smallest absolute Gasteiger partial charge is 0.255 e. The molecule has 4 heteroatoms. The second-order valence-electron chi connectivity index (χ2n) is 5.51. The van der Waals surface area contributed by atoms with E-state index in [1.165, 1.54) is 12.8 Å². The van der Waals surface area contributed by atoms with Gasteiger partial charge in [0, 0.05) is 6.04 Å². The number of nitrogens with one attached hydrogen (secondary N) is 1. The van der Waals surface area contributed by atoms with Crippen molar-refractivity contribution in [3.8, 4) is 11.5 Å². The van der Waals surface area contributed by atoms with Gasteiger partial charge in [0.05, 0.1) is 19.8 Å². The molecule has 1 fully saturated rings. The fraction of sp³-hybridized carbons (Fsp3) is 0.562. The van der Waals surface area contributed by atoms with E-state index in [1.54, 1.807) is 32.4 Å². The molecule has 2 rings (SSSR count). The third-order valence-electron chi connectivity index (χ3n) is 3.92. The van der Waals surface area contributed by atoms with Crippen molar-refractivity contribution in [2.75, 3.05) is 14.2 Å². The predicted octanol–water partition coefficient (Wildman–Crippen LogP) is 3.01. The molecule has 0 aliphatic heterocycles. The molecule has 1 amide bonds. The van der Waals surface area contributed by atoms with E-state index in [0.29, 0.717) is 23.0 Å². The zero-order chi connectivity index (χ0) is 14.5. The molecule has 4 nitrogen and oxygen atoms in total. The topological polar surface area (TPSA) is 47.6 Å². The van der Waals surface area contributed by atoms with Crippen LogP contribution in [0, 0.1) is 5.92 Å². The molecule has 1 aromatic rings. The highest BCUT2D eigenvalue weighted by Gasteiger charge is 2.22. The van der Waals surface area contributed by atoms with Gasteiger partial charge in [-0.2, -0.15) is 0 Å². The van der Waals surface area contributed by atoms with Gasteiger partial charge >= 0.3 is 0 Å². The molecule has 110 valence electrons. The third-order valence-corrected chi connectivity index (χ3v) is 3.92. The minimum atomic E-state index is -0.0835. The van der Waals surface area contributed by atoms with Crippen LogP contribution in [-0.2, 0) is 0 Å². The average Bonchev–Trinajstić information content (AvgIpc) is 2.46. The van der Waals surface area contributed by atoms with Crippen LogP contribution in [0.5, 0.6) is 11.5 Å². The molecule has 0 radical (unpaired) electrons. The van der Waals surface area contributed by atoms with Crippen LogP contribution in [0.15, 0.2) is 18.2 Å². The standard InChI is InChI=1S/C16H23NO3/c1-11-5-4-6-12(9-11)17-16(18)14-10-13(19-2)7-8-15(14)20-3/h7-8,10-12H,4-6,9H2,1-3H3,(H,17,18). The van der Waals surface area contributed by atoms with Gasteiger partial charge in [0.15, 0.2) is 0 Å². The van der Waals surface area contributed by atoms with E-state index in [9.17, 15) is 4.79 Å². The summed E-state index contributed by atoms with van der Waals surface area (Å²) in [6, 6.07) is 5.54. The van der Waals surface area contributed by atoms with E-state index in [1.807, 2.05) is 0 Å². The van der Waals surface area contributed by atoms with Crippen LogP contribution in [0.25, 0.3) is 0 Å². The second kappa shape index (κ2) is 6.64. The number of benzene rings is 1. The quantitative estimate of drug-likeness (QED) is 0.920. The summed E-state index contributed by atoms with van der Waals surface area (Å²) in [6.07, 6.45) is 4.55. The highest BCUT2D eigenvalue weighted by Crippen LogP contribution is 2.26. The number of rotatable bonds is 4. The van der Waals surface area contributed by atoms with Crippen LogP contribution < -0.4 is 14.8 Å². The van der Waals surface area contributed by atoms with Crippen LogP contribution >= 0.6 is 0 Å². The number of carbonyl (C=O) groups is 1. The summed E-state index contributed by atoms with van der Waals surface area (Å²) in [5, 5.41) is 3.12. The largest absolute Gasteiger partial charge is 0.497 e. The molecule has 0 saturated heterocycles. The van der Waals surface area contributed by atoms with Gasteiger partial charge in [-0.1, -0.05) is 19.8 Å². The lowest BCUT2D eigenvalue weighted by atomic mass is 9.87. The fourth-order valence-corrected chi connectivity index (χ4v) is 2.82. The SMILES string of the molecule is COc1ccc(OC)c(C(=O)NC2CCCC(C)C2)c1. The maximum Gasteiger partial charge on any atom is 0.255 e. The monoisotopic (exact) mass is 277 g/mol. The van der Waals surface area contributed by atoms with Gasteiger partial charge in [-0.05, 0) is 37.0 Å². The maximum absolute atomic E-state index is 12.4. The van der Waals surface area contributed by atoms with Crippen molar-refractivity contribution >= 4 is 5.91 Å². The lowest BCUT2D eigenvalue weighted by molar-refractivity contribution is 0.0918. The highest BCUT2D eigenvalue weighted by molar-refractivity contribution is 5.97. The van der Waals surface area contributed by atoms with Crippen LogP contribution in [-0.4, -0.2) is 26.2 Å². The van der Waals surface area contributed by atoms with E-state index in [4.69, 9.17) is 9.47 Å². The Bertz CT molecular complexity index is 473. The Morgan fingerprint density at radius 2 is 2.05 bits per heavy atom. The van der Waals surface area contributed by atoms with Gasteiger partial charge in [0.2, 0.25) is 0 Å². The number of carbonyl (C=O) groups excluding carboxylic acids is 1. The zero-order valence-corrected chi connectivity index (χ0v) is 12.4. The Hall–Kier alpha value is -1.71. The van der Waals surface area contributed by atoms with Gasteiger partial charge in [-0.15, -0.1) is 0 Å². The van der Waals surface area contributed by atoms with Crippen molar-refractivity contribution in [2.24, 2.45) is 5.92 Å². The molecule has 1 N–H and O–H groups in total. The van der Waals surface area contributed by atoms with Gasteiger partial charge in [-0.3, -0.25) is 4.79 Å². The summed E-state index contributed by atoms with van der Waals surface area (Å²) in [7, 11) is 3.16. The Labute approximate surface area is 120 Å². The number of hydrogen-bond donors (Lipinski definition) is 1. The first-order valence-electron chi connectivity index (χ1n) is 7.17. The average molecular weight is 277 g/mol. The van der Waals surface area contributed by atoms with Crippen molar-refractivity contribution < 1.29 is 14.3 Å². The van der Waals surface area contributed by atoms with E-state index < -0.39 is 0 Å². The number of amides is 1. The molecular formula is C16H23NO3. The molecule has 1 aromatic carbocycles. The highest BCUT2D eigenvalue weighted by atomic mass is 16.5. The summed E-state index contributed by atoms with van der Waals surface area (Å²) in [5.74, 6) is 1.83. The second-order valence-corrected chi connectivity index (χ2v) is 5.51. The first-order chi connectivity index (χ1) is 9.63. The van der Waals surface area contributed by atoms with Crippen LogP contribution in [0.1, 0.15) is 43.0 Å². The van der Waals surface area contributed by atoms with Crippen molar-refractivity contribution in [1.82, 2.24) is 5.32 Å². The molecule has 0 bridgehead atoms. The molecular weight excluding hydrogens is 254 g/mol. The summed E-state index contributed by atoms with van der Waals surface area (Å²) in [4.78, 5) is 12.4. The minimum Gasteiger partial charge on any atom is -0.497 e. The van der Waals surface area contributed by atoms with E-state index in [-0.39, 0.29) is 11.9 Å². The van der Waals surface area contributed by atoms with E-state index in [0.717, 1.165) is 12.8 Å². The number of methoxy groups -OCH3 is 2. The fourth-order valence-electron chi connectivity index (χ4n) is 2.82. The Morgan fingerprint density at radius 3 is 2.70 bits per heavy atom. The summed E-state index contributed by atoms with van der Waals surface area (Å²) in [6.45, 7) is 2.24.